The molecule has 11 heteroatoms. The Labute approximate surface area is 170 Å². The van der Waals surface area contributed by atoms with Crippen molar-refractivity contribution < 1.29 is 18.1 Å². The van der Waals surface area contributed by atoms with E-state index in [2.05, 4.69) is 19.7 Å². The number of aliphatic imine (C=N–C) groups is 1. The van der Waals surface area contributed by atoms with Gasteiger partial charge in [-0.2, -0.15) is 0 Å². The molecule has 2 aliphatic heterocycles. The van der Waals surface area contributed by atoms with Crippen molar-refractivity contribution in [2.75, 3.05) is 24.6 Å². The molecule has 0 saturated carbocycles. The number of nitrogen functional groups attached to an aromatic ring is 1. The van der Waals surface area contributed by atoms with Gasteiger partial charge in [0.25, 0.3) is 0 Å². The highest BCUT2D eigenvalue weighted by molar-refractivity contribution is 7.92. The van der Waals surface area contributed by atoms with E-state index < -0.39 is 33.0 Å². The Morgan fingerprint density at radius 3 is 2.79 bits per heavy atom. The first-order valence-corrected chi connectivity index (χ1v) is 11.1. The van der Waals surface area contributed by atoms with Gasteiger partial charge in [0.15, 0.2) is 0 Å². The van der Waals surface area contributed by atoms with E-state index >= 15 is 0 Å². The Hall–Kier alpha value is -2.43. The molecule has 0 fully saturated rings. The zero-order valence-corrected chi connectivity index (χ0v) is 17.9. The molecule has 160 valence electrons. The average Bonchev–Trinajstić information content (AvgIpc) is 2.76. The van der Waals surface area contributed by atoms with E-state index in [-0.39, 0.29) is 23.2 Å². The van der Waals surface area contributed by atoms with Crippen molar-refractivity contribution in [3.05, 3.63) is 23.6 Å². The fourth-order valence-electron chi connectivity index (χ4n) is 3.28. The summed E-state index contributed by atoms with van der Waals surface area (Å²) in [6, 6.07) is 2.54. The van der Waals surface area contributed by atoms with E-state index in [1.54, 1.807) is 27.7 Å². The van der Waals surface area contributed by atoms with Gasteiger partial charge in [0.1, 0.15) is 38.4 Å². The molecule has 29 heavy (non-hydrogen) atoms. The minimum absolute atomic E-state index is 0.0345. The van der Waals surface area contributed by atoms with Gasteiger partial charge in [-0.05, 0) is 52.7 Å². The number of nitrogens with one attached hydrogen (secondary N) is 1. The first-order valence-electron chi connectivity index (χ1n) is 9.43. The fourth-order valence-corrected chi connectivity index (χ4v) is 5.79. The maximum absolute atomic E-state index is 14.6. The number of amides is 1. The van der Waals surface area contributed by atoms with Crippen molar-refractivity contribution in [3.8, 4) is 0 Å². The third kappa shape index (κ3) is 4.60. The van der Waals surface area contributed by atoms with E-state index in [1.165, 1.54) is 16.4 Å². The number of hydrogen-bond acceptors (Lipinski definition) is 7. The summed E-state index contributed by atoms with van der Waals surface area (Å²) in [5.41, 5.74) is 3.65. The molecule has 0 saturated heterocycles. The standard InChI is InChI=1S/C18H27FN6O3S/c1-17(2,3)28-16(26)23-15-24-18(4,14-12(19)7-8-13(20)22-14)11-29(27)21-9-5-6-10-25(15)29/h7-8H,5-6,9-11H2,1-4H3,(H2,20,22)(H,23,24,26)/t18-,29?/m0/s1. The third-order valence-electron chi connectivity index (χ3n) is 4.46. The third-order valence-corrected chi connectivity index (χ3v) is 7.02. The number of alkyl carbamates (subject to hydrolysis) is 1. The van der Waals surface area contributed by atoms with Crippen LogP contribution in [-0.4, -0.2) is 50.0 Å². The number of nitrogens with zero attached hydrogens (tertiary/aromatic N) is 4. The molecular formula is C18H27FN6O3S. The van der Waals surface area contributed by atoms with Crippen LogP contribution in [0, 0.1) is 5.82 Å². The van der Waals surface area contributed by atoms with Gasteiger partial charge < -0.3 is 10.5 Å². The number of aromatic nitrogens is 1. The monoisotopic (exact) mass is 426 g/mol. The predicted octanol–water partition coefficient (Wildman–Crippen LogP) is 2.39. The highest BCUT2D eigenvalue weighted by Gasteiger charge is 2.44. The second-order valence-corrected chi connectivity index (χ2v) is 10.5. The van der Waals surface area contributed by atoms with Gasteiger partial charge in [-0.3, -0.25) is 9.62 Å². The Morgan fingerprint density at radius 2 is 2.10 bits per heavy atom. The summed E-state index contributed by atoms with van der Waals surface area (Å²) in [5.74, 6) is -0.526. The van der Waals surface area contributed by atoms with E-state index in [1.807, 2.05) is 0 Å². The number of fused-ring (bicyclic) bond motifs is 1. The van der Waals surface area contributed by atoms with E-state index in [4.69, 9.17) is 10.5 Å². The summed E-state index contributed by atoms with van der Waals surface area (Å²) >= 11 is 0. The summed E-state index contributed by atoms with van der Waals surface area (Å²) in [6.07, 6.45) is 0.749. The molecule has 0 aliphatic carbocycles. The SMILES string of the molecule is CC(C)(C)OC(=O)NC1=N[C@](C)(c2nc(N)ccc2F)CS2(=O)=NCCCCN12. The number of pyridine rings is 1. The minimum atomic E-state index is -2.98. The van der Waals surface area contributed by atoms with Gasteiger partial charge in [-0.15, -0.1) is 0 Å². The van der Waals surface area contributed by atoms with Crippen molar-refractivity contribution in [3.63, 3.8) is 0 Å². The first-order chi connectivity index (χ1) is 13.4. The number of anilines is 1. The normalized spacial score (nSPS) is 27.2. The van der Waals surface area contributed by atoms with Gasteiger partial charge in [0.2, 0.25) is 5.96 Å². The second kappa shape index (κ2) is 7.43. The molecule has 1 unspecified atom stereocenters. The molecule has 3 N–H and O–H groups in total. The maximum atomic E-state index is 14.6. The molecule has 1 aromatic heterocycles. The molecule has 1 aromatic rings. The van der Waals surface area contributed by atoms with Crippen LogP contribution in [0.1, 0.15) is 46.2 Å². The number of carbonyl (C=O) groups excluding carboxylic acids is 1. The number of halogens is 1. The largest absolute Gasteiger partial charge is 0.444 e. The fraction of sp³-hybridized carbons (Fsp3) is 0.611. The number of ether oxygens (including phenoxy) is 1. The number of hydrogen-bond donors (Lipinski definition) is 2. The molecular weight excluding hydrogens is 399 g/mol. The lowest BCUT2D eigenvalue weighted by Crippen LogP contribution is -2.55. The van der Waals surface area contributed by atoms with Crippen molar-refractivity contribution in [2.24, 2.45) is 9.36 Å². The highest BCUT2D eigenvalue weighted by Crippen LogP contribution is 2.35. The minimum Gasteiger partial charge on any atom is -0.444 e. The van der Waals surface area contributed by atoms with E-state index in [0.717, 1.165) is 12.8 Å². The van der Waals surface area contributed by atoms with Gasteiger partial charge in [0.05, 0.1) is 12.3 Å². The molecule has 0 aromatic carbocycles. The number of guanidine groups is 1. The Balaban J connectivity index is 2.10. The lowest BCUT2D eigenvalue weighted by molar-refractivity contribution is 0.0558. The Kier molecular flexibility index (Phi) is 5.46. The molecule has 0 bridgehead atoms. The van der Waals surface area contributed by atoms with Crippen LogP contribution in [0.4, 0.5) is 15.0 Å². The first kappa shape index (κ1) is 21.3. The molecule has 3 rings (SSSR count). The van der Waals surface area contributed by atoms with Gasteiger partial charge in [-0.1, -0.05) is 0 Å². The van der Waals surface area contributed by atoms with Crippen LogP contribution < -0.4 is 11.1 Å². The zero-order valence-electron chi connectivity index (χ0n) is 17.1. The summed E-state index contributed by atoms with van der Waals surface area (Å²) in [5, 5.41) is 2.58. The topological polar surface area (TPSA) is 122 Å². The average molecular weight is 427 g/mol. The van der Waals surface area contributed by atoms with Crippen molar-refractivity contribution in [1.29, 1.82) is 0 Å². The molecule has 9 nitrogen and oxygen atoms in total. The number of nitrogens with two attached hydrogens (primary N) is 1. The molecule has 0 radical (unpaired) electrons. The van der Waals surface area contributed by atoms with Crippen LogP contribution in [-0.2, 0) is 20.2 Å². The van der Waals surface area contributed by atoms with Crippen LogP contribution in [0.25, 0.3) is 0 Å². The smallest absolute Gasteiger partial charge is 0.414 e. The second-order valence-electron chi connectivity index (χ2n) is 8.32. The van der Waals surface area contributed by atoms with Gasteiger partial charge >= 0.3 is 6.09 Å². The molecule has 2 atom stereocenters. The summed E-state index contributed by atoms with van der Waals surface area (Å²) in [6.45, 7) is 7.62. The molecule has 0 spiro atoms. The van der Waals surface area contributed by atoms with Crippen LogP contribution in [0.3, 0.4) is 0 Å². The van der Waals surface area contributed by atoms with E-state index in [0.29, 0.717) is 13.1 Å². The Bertz CT molecular complexity index is 967. The predicted molar refractivity (Wildman–Crippen MR) is 109 cm³/mol. The number of rotatable bonds is 1. The maximum Gasteiger partial charge on any atom is 0.414 e. The van der Waals surface area contributed by atoms with Crippen molar-refractivity contribution >= 4 is 27.8 Å². The van der Waals surface area contributed by atoms with Crippen molar-refractivity contribution in [1.82, 2.24) is 14.6 Å². The zero-order chi connectivity index (χ0) is 21.4. The number of carbonyl (C=O) groups is 1. The summed E-state index contributed by atoms with van der Waals surface area (Å²) in [7, 11) is -2.98. The van der Waals surface area contributed by atoms with Crippen LogP contribution in [0.5, 0.6) is 0 Å². The van der Waals surface area contributed by atoms with E-state index in [9.17, 15) is 13.4 Å². The van der Waals surface area contributed by atoms with Crippen LogP contribution in [0.2, 0.25) is 0 Å². The molecule has 1 amide bonds. The lowest BCUT2D eigenvalue weighted by Gasteiger charge is -2.39. The molecule has 2 aliphatic rings. The van der Waals surface area contributed by atoms with Gasteiger partial charge in [0, 0.05) is 6.54 Å². The lowest BCUT2D eigenvalue weighted by atomic mass is 10.00. The molecule has 3 heterocycles. The van der Waals surface area contributed by atoms with Gasteiger partial charge in [-0.25, -0.2) is 27.7 Å². The van der Waals surface area contributed by atoms with Crippen molar-refractivity contribution in [2.45, 2.75) is 51.7 Å². The summed E-state index contributed by atoms with van der Waals surface area (Å²) < 4.78 is 39.6. The Morgan fingerprint density at radius 1 is 1.38 bits per heavy atom. The highest BCUT2D eigenvalue weighted by atomic mass is 32.2. The quantitative estimate of drug-likeness (QED) is 0.714. The summed E-state index contributed by atoms with van der Waals surface area (Å²) in [4.78, 5) is 21.0. The van der Waals surface area contributed by atoms with Crippen LogP contribution >= 0.6 is 0 Å². The van der Waals surface area contributed by atoms with Crippen LogP contribution in [0.15, 0.2) is 21.5 Å².